The van der Waals surface area contributed by atoms with E-state index in [9.17, 15) is 0 Å². The van der Waals surface area contributed by atoms with Crippen LogP contribution in [0.2, 0.25) is 0 Å². The van der Waals surface area contributed by atoms with Crippen LogP contribution >= 0.6 is 12.2 Å². The summed E-state index contributed by atoms with van der Waals surface area (Å²) in [5.74, 6) is 0.947. The average molecular weight is 276 g/mol. The molecule has 0 aromatic heterocycles. The molecule has 19 heavy (non-hydrogen) atoms. The Morgan fingerprint density at radius 3 is 2.68 bits per heavy atom. The minimum Gasteiger partial charge on any atom is -0.389 e. The van der Waals surface area contributed by atoms with E-state index in [0.29, 0.717) is 4.99 Å². The molecular weight excluding hydrogens is 252 g/mol. The first kappa shape index (κ1) is 14.5. The minimum atomic E-state index is 0.484. The van der Waals surface area contributed by atoms with Gasteiger partial charge in [0.2, 0.25) is 0 Å². The quantitative estimate of drug-likeness (QED) is 0.775. The Morgan fingerprint density at radius 2 is 2.16 bits per heavy atom. The van der Waals surface area contributed by atoms with Crippen LogP contribution in [0.5, 0.6) is 0 Å². The van der Waals surface area contributed by atoms with Gasteiger partial charge in [0.05, 0.1) is 0 Å². The lowest BCUT2D eigenvalue weighted by atomic mass is 10.0. The van der Waals surface area contributed by atoms with Crippen LogP contribution in [0.4, 0.5) is 0 Å². The summed E-state index contributed by atoms with van der Waals surface area (Å²) >= 11 is 5.03. The zero-order valence-corrected chi connectivity index (χ0v) is 12.8. The Morgan fingerprint density at radius 1 is 1.42 bits per heavy atom. The van der Waals surface area contributed by atoms with E-state index < -0.39 is 0 Å². The Bertz CT molecular complexity index is 452. The van der Waals surface area contributed by atoms with Gasteiger partial charge in [-0.05, 0) is 55.8 Å². The van der Waals surface area contributed by atoms with Crippen molar-refractivity contribution in [2.75, 3.05) is 13.1 Å². The SMILES string of the molecule is CCCN(Cc1ccc(C(N)=S)cc1C)CC1CC1. The summed E-state index contributed by atoms with van der Waals surface area (Å²) in [6, 6.07) is 6.34. The zero-order valence-electron chi connectivity index (χ0n) is 12.0. The predicted octanol–water partition coefficient (Wildman–Crippen LogP) is 3.25. The topological polar surface area (TPSA) is 29.3 Å². The maximum atomic E-state index is 5.68. The van der Waals surface area contributed by atoms with Crippen molar-refractivity contribution in [3.63, 3.8) is 0 Å². The largest absolute Gasteiger partial charge is 0.389 e. The molecular formula is C16H24N2S. The predicted molar refractivity (Wildman–Crippen MR) is 85.4 cm³/mol. The molecule has 2 rings (SSSR count). The van der Waals surface area contributed by atoms with Crippen molar-refractivity contribution < 1.29 is 0 Å². The highest BCUT2D eigenvalue weighted by Crippen LogP contribution is 2.30. The molecule has 1 saturated carbocycles. The third-order valence-corrected chi connectivity index (χ3v) is 4.01. The molecule has 0 bridgehead atoms. The normalized spacial score (nSPS) is 14.9. The van der Waals surface area contributed by atoms with Gasteiger partial charge in [-0.1, -0.05) is 31.3 Å². The van der Waals surface area contributed by atoms with Gasteiger partial charge >= 0.3 is 0 Å². The van der Waals surface area contributed by atoms with Crippen molar-refractivity contribution in [1.82, 2.24) is 4.90 Å². The number of hydrogen-bond acceptors (Lipinski definition) is 2. The summed E-state index contributed by atoms with van der Waals surface area (Å²) in [6.45, 7) is 7.90. The van der Waals surface area contributed by atoms with Crippen molar-refractivity contribution >= 4 is 17.2 Å². The second-order valence-corrected chi connectivity index (χ2v) is 6.12. The van der Waals surface area contributed by atoms with Crippen molar-refractivity contribution in [1.29, 1.82) is 0 Å². The van der Waals surface area contributed by atoms with Gasteiger partial charge < -0.3 is 5.73 Å². The number of hydrogen-bond donors (Lipinski definition) is 1. The molecule has 1 aliphatic carbocycles. The molecule has 0 saturated heterocycles. The van der Waals surface area contributed by atoms with Gasteiger partial charge in [-0.25, -0.2) is 0 Å². The Labute approximate surface area is 122 Å². The van der Waals surface area contributed by atoms with Gasteiger partial charge in [-0.15, -0.1) is 0 Å². The van der Waals surface area contributed by atoms with Crippen molar-refractivity contribution in [2.24, 2.45) is 11.7 Å². The lowest BCUT2D eigenvalue weighted by molar-refractivity contribution is 0.254. The van der Waals surface area contributed by atoms with Crippen LogP contribution in [0.15, 0.2) is 18.2 Å². The highest BCUT2D eigenvalue weighted by molar-refractivity contribution is 7.80. The van der Waals surface area contributed by atoms with Crippen LogP contribution in [0, 0.1) is 12.8 Å². The van der Waals surface area contributed by atoms with E-state index >= 15 is 0 Å². The van der Waals surface area contributed by atoms with Crippen LogP contribution in [0.3, 0.4) is 0 Å². The fourth-order valence-electron chi connectivity index (χ4n) is 2.48. The second-order valence-electron chi connectivity index (χ2n) is 5.68. The van der Waals surface area contributed by atoms with Gasteiger partial charge in [-0.2, -0.15) is 0 Å². The molecule has 2 N–H and O–H groups in total. The molecule has 104 valence electrons. The molecule has 0 heterocycles. The van der Waals surface area contributed by atoms with Gasteiger partial charge in [0, 0.05) is 18.7 Å². The second kappa shape index (κ2) is 6.49. The van der Waals surface area contributed by atoms with Crippen molar-refractivity contribution in [2.45, 2.75) is 39.7 Å². The van der Waals surface area contributed by atoms with Gasteiger partial charge in [-0.3, -0.25) is 4.90 Å². The highest BCUT2D eigenvalue weighted by atomic mass is 32.1. The number of benzene rings is 1. The molecule has 0 amide bonds. The van der Waals surface area contributed by atoms with E-state index in [0.717, 1.165) is 18.0 Å². The summed E-state index contributed by atoms with van der Waals surface area (Å²) in [6.07, 6.45) is 4.05. The molecule has 0 aliphatic heterocycles. The van der Waals surface area contributed by atoms with E-state index in [4.69, 9.17) is 18.0 Å². The summed E-state index contributed by atoms with van der Waals surface area (Å²) < 4.78 is 0. The van der Waals surface area contributed by atoms with E-state index in [2.05, 4.69) is 30.9 Å². The molecule has 1 fully saturated rings. The summed E-state index contributed by atoms with van der Waals surface area (Å²) in [5.41, 5.74) is 9.34. The lowest BCUT2D eigenvalue weighted by Crippen LogP contribution is -2.26. The highest BCUT2D eigenvalue weighted by Gasteiger charge is 2.24. The number of nitrogens with zero attached hydrogens (tertiary/aromatic N) is 1. The number of nitrogens with two attached hydrogens (primary N) is 1. The number of thiocarbonyl (C=S) groups is 1. The van der Waals surface area contributed by atoms with E-state index in [1.54, 1.807) is 0 Å². The maximum Gasteiger partial charge on any atom is 0.103 e. The first-order chi connectivity index (χ1) is 9.10. The fraction of sp³-hybridized carbons (Fsp3) is 0.562. The first-order valence-electron chi connectivity index (χ1n) is 7.21. The molecule has 1 aromatic rings. The van der Waals surface area contributed by atoms with E-state index in [1.165, 1.54) is 43.5 Å². The third-order valence-electron chi connectivity index (χ3n) is 3.77. The lowest BCUT2D eigenvalue weighted by Gasteiger charge is -2.22. The fourth-order valence-corrected chi connectivity index (χ4v) is 2.61. The summed E-state index contributed by atoms with van der Waals surface area (Å²) in [7, 11) is 0. The average Bonchev–Trinajstić information content (AvgIpc) is 3.15. The number of aryl methyl sites for hydroxylation is 1. The molecule has 0 radical (unpaired) electrons. The Hall–Kier alpha value is -0.930. The van der Waals surface area contributed by atoms with Crippen LogP contribution in [-0.4, -0.2) is 23.0 Å². The van der Waals surface area contributed by atoms with Crippen LogP contribution in [0.1, 0.15) is 42.9 Å². The molecule has 2 nitrogen and oxygen atoms in total. The minimum absolute atomic E-state index is 0.484. The van der Waals surface area contributed by atoms with Gasteiger partial charge in [0.1, 0.15) is 4.99 Å². The molecule has 0 unspecified atom stereocenters. The molecule has 1 aromatic carbocycles. The van der Waals surface area contributed by atoms with Crippen molar-refractivity contribution in [3.05, 3.63) is 34.9 Å². The number of rotatable bonds is 7. The van der Waals surface area contributed by atoms with Crippen LogP contribution in [-0.2, 0) is 6.54 Å². The third kappa shape index (κ3) is 4.29. The monoisotopic (exact) mass is 276 g/mol. The molecule has 3 heteroatoms. The summed E-state index contributed by atoms with van der Waals surface area (Å²) in [4.78, 5) is 3.07. The van der Waals surface area contributed by atoms with Crippen LogP contribution < -0.4 is 5.73 Å². The summed E-state index contributed by atoms with van der Waals surface area (Å²) in [5, 5.41) is 0. The van der Waals surface area contributed by atoms with E-state index in [-0.39, 0.29) is 0 Å². The zero-order chi connectivity index (χ0) is 13.8. The van der Waals surface area contributed by atoms with Crippen LogP contribution in [0.25, 0.3) is 0 Å². The molecule has 1 aliphatic rings. The smallest absolute Gasteiger partial charge is 0.103 e. The molecule has 0 atom stereocenters. The van der Waals surface area contributed by atoms with Gasteiger partial charge in [0.25, 0.3) is 0 Å². The van der Waals surface area contributed by atoms with Gasteiger partial charge in [0.15, 0.2) is 0 Å². The Kier molecular flexibility index (Phi) is 4.94. The maximum absolute atomic E-state index is 5.68. The standard InChI is InChI=1S/C16H24N2S/c1-3-8-18(10-13-4-5-13)11-15-7-6-14(16(17)19)9-12(15)2/h6-7,9,13H,3-5,8,10-11H2,1-2H3,(H2,17,19). The first-order valence-corrected chi connectivity index (χ1v) is 7.62. The Balaban J connectivity index is 2.04. The van der Waals surface area contributed by atoms with E-state index in [1.807, 2.05) is 6.07 Å². The molecule has 0 spiro atoms. The van der Waals surface area contributed by atoms with Crippen molar-refractivity contribution in [3.8, 4) is 0 Å².